The van der Waals surface area contributed by atoms with Crippen LogP contribution in [0.4, 0.5) is 0 Å². The fraction of sp³-hybridized carbons (Fsp3) is 0.0278. The van der Waals surface area contributed by atoms with Crippen molar-refractivity contribution in [1.82, 2.24) is 28.7 Å². The van der Waals surface area contributed by atoms with E-state index in [-0.39, 0.29) is 0 Å². The van der Waals surface area contributed by atoms with Crippen molar-refractivity contribution in [3.63, 3.8) is 0 Å². The minimum absolute atomic E-state index is 0.624. The van der Waals surface area contributed by atoms with Gasteiger partial charge in [-0.1, -0.05) is 84.9 Å². The molecule has 0 spiro atoms. The lowest BCUT2D eigenvalue weighted by Gasteiger charge is -2.09. The van der Waals surface area contributed by atoms with Crippen molar-refractivity contribution in [1.29, 1.82) is 0 Å². The van der Waals surface area contributed by atoms with Gasteiger partial charge in [0.05, 0.1) is 34.0 Å². The molecule has 0 radical (unpaired) electrons. The number of imidazole rings is 1. The first kappa shape index (κ1) is 23.0. The molecule has 0 N–H and O–H groups in total. The molecule has 9 rings (SSSR count). The molecule has 0 unspecified atom stereocenters. The van der Waals surface area contributed by atoms with Crippen LogP contribution in [0.5, 0.6) is 0 Å². The van der Waals surface area contributed by atoms with Gasteiger partial charge in [0.1, 0.15) is 0 Å². The van der Waals surface area contributed by atoms with Gasteiger partial charge in [0.25, 0.3) is 0 Å². The van der Waals surface area contributed by atoms with E-state index in [1.54, 1.807) is 0 Å². The molecule has 0 fully saturated rings. The number of benzene rings is 5. The molecule has 4 aromatic heterocycles. The van der Waals surface area contributed by atoms with Gasteiger partial charge in [0, 0.05) is 39.8 Å². The Morgan fingerprint density at radius 3 is 1.83 bits per heavy atom. The van der Waals surface area contributed by atoms with Crippen LogP contribution in [-0.2, 0) is 7.05 Å². The third-order valence-electron chi connectivity index (χ3n) is 8.31. The molecule has 0 amide bonds. The summed E-state index contributed by atoms with van der Waals surface area (Å²) in [5.74, 6) is 0.781. The van der Waals surface area contributed by atoms with Crippen molar-refractivity contribution in [2.24, 2.45) is 7.05 Å². The van der Waals surface area contributed by atoms with Crippen molar-refractivity contribution < 1.29 is 0 Å². The number of fused-ring (bicyclic) bond motifs is 7. The maximum absolute atomic E-state index is 5.09. The number of aromatic nitrogens is 6. The molecular weight excluding hydrogens is 516 g/mol. The molecule has 6 heteroatoms. The Balaban J connectivity index is 1.38. The molecule has 0 aliphatic carbocycles. The van der Waals surface area contributed by atoms with Crippen molar-refractivity contribution in [2.45, 2.75) is 0 Å². The molecule has 6 nitrogen and oxygen atoms in total. The lowest BCUT2D eigenvalue weighted by molar-refractivity contribution is 0.860. The zero-order valence-corrected chi connectivity index (χ0v) is 22.8. The molecule has 0 atom stereocenters. The van der Waals surface area contributed by atoms with Crippen molar-refractivity contribution in [2.75, 3.05) is 0 Å². The second kappa shape index (κ2) is 8.62. The van der Waals surface area contributed by atoms with Crippen LogP contribution in [0.25, 0.3) is 77.8 Å². The van der Waals surface area contributed by atoms with E-state index in [1.807, 2.05) is 48.1 Å². The zero-order valence-electron chi connectivity index (χ0n) is 22.8. The summed E-state index contributed by atoms with van der Waals surface area (Å²) in [7, 11) is 2.02. The van der Waals surface area contributed by atoms with Gasteiger partial charge in [-0.25, -0.2) is 9.97 Å². The number of rotatable bonds is 3. The van der Waals surface area contributed by atoms with Crippen LogP contribution >= 0.6 is 0 Å². The highest BCUT2D eigenvalue weighted by Gasteiger charge is 2.21. The molecule has 0 aliphatic rings. The largest absolute Gasteiger partial charge is 0.309 e. The third kappa shape index (κ3) is 3.17. The highest BCUT2D eigenvalue weighted by atomic mass is 15.3. The molecule has 198 valence electrons. The first-order valence-electron chi connectivity index (χ1n) is 14.0. The van der Waals surface area contributed by atoms with Crippen LogP contribution < -0.4 is 0 Å². The minimum atomic E-state index is 0.624. The number of hydrogen-bond acceptors (Lipinski definition) is 3. The van der Waals surface area contributed by atoms with E-state index >= 15 is 0 Å². The van der Waals surface area contributed by atoms with Crippen LogP contribution in [0.1, 0.15) is 0 Å². The number of nitrogens with zero attached hydrogens (tertiary/aromatic N) is 6. The lowest BCUT2D eigenvalue weighted by atomic mass is 10.1. The fourth-order valence-corrected chi connectivity index (χ4v) is 6.40. The van der Waals surface area contributed by atoms with Gasteiger partial charge in [-0.2, -0.15) is 4.98 Å². The van der Waals surface area contributed by atoms with E-state index in [9.17, 15) is 0 Å². The fourth-order valence-electron chi connectivity index (χ4n) is 6.40. The van der Waals surface area contributed by atoms with E-state index in [0.717, 1.165) is 45.1 Å². The summed E-state index contributed by atoms with van der Waals surface area (Å²) >= 11 is 0. The monoisotopic (exact) mass is 540 g/mol. The quantitative estimate of drug-likeness (QED) is 0.227. The Morgan fingerprint density at radius 1 is 0.524 bits per heavy atom. The van der Waals surface area contributed by atoms with Gasteiger partial charge < -0.3 is 4.57 Å². The highest BCUT2D eigenvalue weighted by Crippen LogP contribution is 2.39. The van der Waals surface area contributed by atoms with Crippen LogP contribution in [0.2, 0.25) is 0 Å². The van der Waals surface area contributed by atoms with Crippen LogP contribution in [0, 0.1) is 0 Å². The number of aryl methyl sites for hydroxylation is 1. The van der Waals surface area contributed by atoms with Crippen LogP contribution in [0.15, 0.2) is 128 Å². The summed E-state index contributed by atoms with van der Waals surface area (Å²) < 4.78 is 6.65. The normalized spacial score (nSPS) is 11.9. The predicted molar refractivity (Wildman–Crippen MR) is 170 cm³/mol. The van der Waals surface area contributed by atoms with Gasteiger partial charge in [-0.15, -0.1) is 0 Å². The summed E-state index contributed by atoms with van der Waals surface area (Å²) in [6.45, 7) is 0. The molecule has 42 heavy (non-hydrogen) atoms. The molecular formula is C36H24N6. The van der Waals surface area contributed by atoms with Crippen molar-refractivity contribution in [3.05, 3.63) is 128 Å². The molecule has 9 aromatic rings. The SMILES string of the molecule is Cn1c(-n2c3ccccc3c3cc4c5ccccc5n(-c5ccccc5)c4cc32)nc2nc(-c3ccccc3)cnc21. The van der Waals surface area contributed by atoms with Gasteiger partial charge >= 0.3 is 0 Å². The van der Waals surface area contributed by atoms with Crippen LogP contribution in [-0.4, -0.2) is 28.7 Å². The van der Waals surface area contributed by atoms with Gasteiger partial charge in [-0.3, -0.25) is 9.13 Å². The first-order chi connectivity index (χ1) is 20.8. The van der Waals surface area contributed by atoms with Gasteiger partial charge in [0.2, 0.25) is 5.95 Å². The van der Waals surface area contributed by atoms with E-state index < -0.39 is 0 Å². The molecule has 5 aromatic carbocycles. The lowest BCUT2D eigenvalue weighted by Crippen LogP contribution is -2.03. The Labute approximate surface area is 240 Å². The second-order valence-corrected chi connectivity index (χ2v) is 10.7. The Hall–Kier alpha value is -5.75. The highest BCUT2D eigenvalue weighted by molar-refractivity contribution is 6.19. The Morgan fingerprint density at radius 2 is 1.12 bits per heavy atom. The first-order valence-corrected chi connectivity index (χ1v) is 14.0. The summed E-state index contributed by atoms with van der Waals surface area (Å²) in [6, 6.07) is 42.6. The third-order valence-corrected chi connectivity index (χ3v) is 8.31. The summed E-state index contributed by atoms with van der Waals surface area (Å²) in [5.41, 5.74) is 8.86. The second-order valence-electron chi connectivity index (χ2n) is 10.7. The summed E-state index contributed by atoms with van der Waals surface area (Å²) in [6.07, 6.45) is 1.83. The van der Waals surface area contributed by atoms with E-state index in [0.29, 0.717) is 5.65 Å². The van der Waals surface area contributed by atoms with Crippen molar-refractivity contribution >= 4 is 54.9 Å². The average Bonchev–Trinajstić information content (AvgIpc) is 3.67. The molecule has 0 saturated carbocycles. The maximum Gasteiger partial charge on any atom is 0.218 e. The smallest absolute Gasteiger partial charge is 0.218 e. The minimum Gasteiger partial charge on any atom is -0.309 e. The molecule has 4 heterocycles. The molecule has 0 saturated heterocycles. The average molecular weight is 541 g/mol. The maximum atomic E-state index is 5.09. The Bertz CT molecular complexity index is 2460. The van der Waals surface area contributed by atoms with Crippen molar-refractivity contribution in [3.8, 4) is 22.9 Å². The predicted octanol–water partition coefficient (Wildman–Crippen LogP) is 8.22. The zero-order chi connectivity index (χ0) is 27.8. The van der Waals surface area contributed by atoms with Gasteiger partial charge in [-0.05, 0) is 36.4 Å². The number of hydrogen-bond donors (Lipinski definition) is 0. The molecule has 0 bridgehead atoms. The summed E-state index contributed by atoms with van der Waals surface area (Å²) in [5, 5.41) is 4.83. The topological polar surface area (TPSA) is 53.5 Å². The van der Waals surface area contributed by atoms with E-state index in [1.165, 1.54) is 27.1 Å². The van der Waals surface area contributed by atoms with E-state index in [2.05, 4.69) is 100 Å². The molecule has 0 aliphatic heterocycles. The standard InChI is InChI=1S/C36H24N6/c1-40-35-34(38-29(22-37-35)23-12-4-2-5-13-23)39-36(40)42-31-19-11-9-17-26(31)28-20-27-25-16-8-10-18-30(25)41(32(27)21-33(28)42)24-14-6-3-7-15-24/h2-22H,1H3. The van der Waals surface area contributed by atoms with E-state index in [4.69, 9.17) is 15.0 Å². The Kier molecular flexibility index (Phi) is 4.72. The number of para-hydroxylation sites is 3. The van der Waals surface area contributed by atoms with Crippen LogP contribution in [0.3, 0.4) is 0 Å². The summed E-state index contributed by atoms with van der Waals surface area (Å²) in [4.78, 5) is 14.8. The van der Waals surface area contributed by atoms with Gasteiger partial charge in [0.15, 0.2) is 11.3 Å².